The summed E-state index contributed by atoms with van der Waals surface area (Å²) in [5.74, 6) is 0.605. The molecule has 0 saturated carbocycles. The van der Waals surface area contributed by atoms with Crippen LogP contribution in [0.3, 0.4) is 0 Å². The number of thioether (sulfide) groups is 1. The van der Waals surface area contributed by atoms with Gasteiger partial charge < -0.3 is 4.90 Å². The van der Waals surface area contributed by atoms with E-state index in [9.17, 15) is 8.42 Å². The Morgan fingerprint density at radius 1 is 1.17 bits per heavy atom. The van der Waals surface area contributed by atoms with Gasteiger partial charge in [0.15, 0.2) is 5.17 Å². The van der Waals surface area contributed by atoms with Crippen LogP contribution >= 0.6 is 23.4 Å². The number of hydrogen-bond acceptors (Lipinski definition) is 4. The van der Waals surface area contributed by atoms with Gasteiger partial charge in [-0.2, -0.15) is 8.42 Å². The van der Waals surface area contributed by atoms with Gasteiger partial charge in [-0.25, -0.2) is 0 Å². The number of fused-ring (bicyclic) bond motifs is 1. The van der Waals surface area contributed by atoms with E-state index in [4.69, 9.17) is 11.6 Å². The highest BCUT2D eigenvalue weighted by molar-refractivity contribution is 8.14. The summed E-state index contributed by atoms with van der Waals surface area (Å²) >= 11 is 7.38. The van der Waals surface area contributed by atoms with Gasteiger partial charge >= 0.3 is 0 Å². The van der Waals surface area contributed by atoms with Gasteiger partial charge in [-0.15, -0.1) is 4.40 Å². The van der Waals surface area contributed by atoms with Gasteiger partial charge in [0.05, 0.1) is 5.69 Å². The summed E-state index contributed by atoms with van der Waals surface area (Å²) in [6.07, 6.45) is 0. The van der Waals surface area contributed by atoms with E-state index in [1.807, 2.05) is 48.2 Å². The largest absolute Gasteiger partial charge is 0.319 e. The summed E-state index contributed by atoms with van der Waals surface area (Å²) in [6.45, 7) is 2.62. The third-order valence-electron chi connectivity index (χ3n) is 3.44. The van der Waals surface area contributed by atoms with E-state index < -0.39 is 10.0 Å². The maximum Gasteiger partial charge on any atom is 0.286 e. The summed E-state index contributed by atoms with van der Waals surface area (Å²) in [5, 5.41) is 1.16. The molecular weight excluding hydrogens is 352 g/mol. The molecule has 120 valence electrons. The molecule has 2 aromatic rings. The number of sulfonamides is 1. The van der Waals surface area contributed by atoms with E-state index in [-0.39, 0.29) is 4.90 Å². The van der Waals surface area contributed by atoms with Gasteiger partial charge in [0, 0.05) is 17.3 Å². The number of anilines is 1. The second-order valence-corrected chi connectivity index (χ2v) is 7.93. The van der Waals surface area contributed by atoms with Crippen LogP contribution < -0.4 is 4.90 Å². The lowest BCUT2D eigenvalue weighted by Crippen LogP contribution is -2.33. The van der Waals surface area contributed by atoms with Crippen molar-refractivity contribution in [1.82, 2.24) is 0 Å². The second-order valence-electron chi connectivity index (χ2n) is 4.98. The maximum atomic E-state index is 12.4. The van der Waals surface area contributed by atoms with Crippen molar-refractivity contribution in [3.8, 4) is 0 Å². The second kappa shape index (κ2) is 6.55. The monoisotopic (exact) mass is 366 g/mol. The molecule has 0 atom stereocenters. The molecule has 0 bridgehead atoms. The summed E-state index contributed by atoms with van der Waals surface area (Å²) in [6, 6.07) is 14.5. The van der Waals surface area contributed by atoms with Gasteiger partial charge in [-0.1, -0.05) is 47.6 Å². The highest BCUT2D eigenvalue weighted by atomic mass is 35.5. The predicted octanol–water partition coefficient (Wildman–Crippen LogP) is 4.16. The Balaban J connectivity index is 1.91. The maximum absolute atomic E-state index is 12.4. The lowest BCUT2D eigenvalue weighted by atomic mass is 10.2. The van der Waals surface area contributed by atoms with Crippen LogP contribution in [-0.2, 0) is 15.8 Å². The molecule has 0 aliphatic carbocycles. The molecular formula is C16H15ClN2O2S2. The molecule has 0 N–H and O–H groups in total. The summed E-state index contributed by atoms with van der Waals surface area (Å²) < 4.78 is 28.7. The van der Waals surface area contributed by atoms with Crippen LogP contribution in [0.25, 0.3) is 0 Å². The fourth-order valence-electron chi connectivity index (χ4n) is 2.39. The number of hydrogen-bond donors (Lipinski definition) is 0. The predicted molar refractivity (Wildman–Crippen MR) is 96.8 cm³/mol. The van der Waals surface area contributed by atoms with Gasteiger partial charge in [0.1, 0.15) is 4.90 Å². The van der Waals surface area contributed by atoms with Crippen molar-refractivity contribution < 1.29 is 8.42 Å². The van der Waals surface area contributed by atoms with Crippen molar-refractivity contribution >= 4 is 44.2 Å². The summed E-state index contributed by atoms with van der Waals surface area (Å²) in [7, 11) is -3.65. The Labute approximate surface area is 145 Å². The minimum atomic E-state index is -3.65. The minimum Gasteiger partial charge on any atom is -0.319 e. The van der Waals surface area contributed by atoms with Crippen LogP contribution in [0.1, 0.15) is 12.5 Å². The van der Waals surface area contributed by atoms with E-state index >= 15 is 0 Å². The van der Waals surface area contributed by atoms with Gasteiger partial charge in [0.2, 0.25) is 0 Å². The van der Waals surface area contributed by atoms with E-state index in [0.29, 0.717) is 28.2 Å². The van der Waals surface area contributed by atoms with Crippen LogP contribution in [-0.4, -0.2) is 20.1 Å². The standard InChI is InChI=1S/C16H15ClN2O2S2/c1-2-19-14-8-3-4-9-15(14)23(20,21)18-16(19)22-11-12-6-5-7-13(17)10-12/h3-10H,2,11H2,1H3. The number of amidine groups is 1. The smallest absolute Gasteiger partial charge is 0.286 e. The van der Waals surface area contributed by atoms with Crippen molar-refractivity contribution in [2.75, 3.05) is 11.4 Å². The summed E-state index contributed by atoms with van der Waals surface area (Å²) in [5.41, 5.74) is 1.70. The molecule has 0 fully saturated rings. The molecule has 1 aliphatic rings. The Kier molecular flexibility index (Phi) is 4.66. The first-order valence-corrected chi connectivity index (χ1v) is 9.90. The Bertz CT molecular complexity index is 866. The molecule has 23 heavy (non-hydrogen) atoms. The molecule has 0 unspecified atom stereocenters. The fraction of sp³-hybridized carbons (Fsp3) is 0.188. The highest BCUT2D eigenvalue weighted by Crippen LogP contribution is 2.34. The average molecular weight is 367 g/mol. The molecule has 4 nitrogen and oxygen atoms in total. The van der Waals surface area contributed by atoms with E-state index in [0.717, 1.165) is 5.56 Å². The van der Waals surface area contributed by atoms with Crippen LogP contribution in [0.2, 0.25) is 5.02 Å². The summed E-state index contributed by atoms with van der Waals surface area (Å²) in [4.78, 5) is 2.18. The normalized spacial score (nSPS) is 15.9. The number of rotatable bonds is 3. The van der Waals surface area contributed by atoms with E-state index in [1.54, 1.807) is 12.1 Å². The quantitative estimate of drug-likeness (QED) is 0.818. The lowest BCUT2D eigenvalue weighted by molar-refractivity contribution is 0.597. The lowest BCUT2D eigenvalue weighted by Gasteiger charge is -2.29. The van der Waals surface area contributed by atoms with Crippen LogP contribution in [0, 0.1) is 0 Å². The van der Waals surface area contributed by atoms with Crippen molar-refractivity contribution in [1.29, 1.82) is 0 Å². The first-order chi connectivity index (χ1) is 11.0. The molecule has 1 heterocycles. The zero-order chi connectivity index (χ0) is 16.4. The molecule has 0 amide bonds. The Morgan fingerprint density at radius 2 is 1.96 bits per heavy atom. The molecule has 7 heteroatoms. The van der Waals surface area contributed by atoms with Crippen molar-refractivity contribution in [3.05, 3.63) is 59.1 Å². The van der Waals surface area contributed by atoms with E-state index in [2.05, 4.69) is 4.40 Å². The topological polar surface area (TPSA) is 49.7 Å². The van der Waals surface area contributed by atoms with Crippen molar-refractivity contribution in [2.24, 2.45) is 4.40 Å². The van der Waals surface area contributed by atoms with Gasteiger partial charge in [0.25, 0.3) is 10.0 Å². The van der Waals surface area contributed by atoms with Gasteiger partial charge in [-0.3, -0.25) is 0 Å². The highest BCUT2D eigenvalue weighted by Gasteiger charge is 2.29. The van der Waals surface area contributed by atoms with Crippen LogP contribution in [0.4, 0.5) is 5.69 Å². The fourth-order valence-corrected chi connectivity index (χ4v) is 5.06. The molecule has 2 aromatic carbocycles. The minimum absolute atomic E-state index is 0.258. The Morgan fingerprint density at radius 3 is 2.70 bits per heavy atom. The molecule has 0 saturated heterocycles. The number of benzene rings is 2. The van der Waals surface area contributed by atoms with Crippen molar-refractivity contribution in [3.63, 3.8) is 0 Å². The number of halogens is 1. The molecule has 1 aliphatic heterocycles. The number of nitrogens with zero attached hydrogens (tertiary/aromatic N) is 2. The van der Waals surface area contributed by atoms with Gasteiger partial charge in [-0.05, 0) is 36.8 Å². The van der Waals surface area contributed by atoms with Crippen LogP contribution in [0.5, 0.6) is 0 Å². The zero-order valence-corrected chi connectivity index (χ0v) is 14.8. The van der Waals surface area contributed by atoms with Crippen molar-refractivity contribution in [2.45, 2.75) is 17.6 Å². The molecule has 0 spiro atoms. The molecule has 3 rings (SSSR count). The first kappa shape index (κ1) is 16.4. The first-order valence-electron chi connectivity index (χ1n) is 7.10. The number of para-hydroxylation sites is 1. The third kappa shape index (κ3) is 3.39. The molecule has 0 radical (unpaired) electrons. The van der Waals surface area contributed by atoms with E-state index in [1.165, 1.54) is 11.8 Å². The third-order valence-corrected chi connectivity index (χ3v) is 6.15. The SMILES string of the molecule is CCN1C(SCc2cccc(Cl)c2)=NS(=O)(=O)c2ccccc21. The van der Waals surface area contributed by atoms with Crippen LogP contribution in [0.15, 0.2) is 57.8 Å². The average Bonchev–Trinajstić information content (AvgIpc) is 2.53. The Hall–Kier alpha value is -1.50. The molecule has 0 aromatic heterocycles. The zero-order valence-electron chi connectivity index (χ0n) is 12.4.